The minimum atomic E-state index is -1.37. The Morgan fingerprint density at radius 2 is 1.71 bits per heavy atom. The number of benzene rings is 2. The number of rotatable bonds is 4. The van der Waals surface area contributed by atoms with Gasteiger partial charge in [0.2, 0.25) is 0 Å². The first-order valence-corrected chi connectivity index (χ1v) is 6.85. The van der Waals surface area contributed by atoms with Crippen LogP contribution in [0.4, 0.5) is 14.5 Å². The average Bonchev–Trinajstić information content (AvgIpc) is 2.40. The molecule has 0 unspecified atom stereocenters. The highest BCUT2D eigenvalue weighted by Gasteiger charge is 2.18. The maximum atomic E-state index is 13.9. The first-order chi connectivity index (χ1) is 9.88. The topological polar surface area (TPSA) is 40.5 Å². The molecule has 0 fully saturated rings. The number of halogens is 3. The van der Waals surface area contributed by atoms with Gasteiger partial charge >= 0.3 is 5.97 Å². The number of hydrogen-bond acceptors (Lipinski definition) is 2. The zero-order chi connectivity index (χ0) is 15.6. The van der Waals surface area contributed by atoms with Crippen molar-refractivity contribution in [2.75, 3.05) is 11.9 Å². The number of nitrogens with zero attached hydrogens (tertiary/aromatic N) is 1. The van der Waals surface area contributed by atoms with Gasteiger partial charge in [0.1, 0.15) is 17.3 Å². The van der Waals surface area contributed by atoms with Crippen molar-refractivity contribution in [3.63, 3.8) is 0 Å². The molecule has 0 radical (unpaired) electrons. The molecule has 0 saturated heterocycles. The third kappa shape index (κ3) is 3.58. The minimum absolute atomic E-state index is 0.247. The van der Waals surface area contributed by atoms with E-state index in [0.717, 1.165) is 22.2 Å². The van der Waals surface area contributed by atoms with Crippen LogP contribution in [0.2, 0.25) is 0 Å². The quantitative estimate of drug-likeness (QED) is 0.898. The van der Waals surface area contributed by atoms with Gasteiger partial charge in [-0.05, 0) is 29.8 Å². The molecule has 21 heavy (non-hydrogen) atoms. The Morgan fingerprint density at radius 3 is 2.19 bits per heavy atom. The fraction of sp³-hybridized carbons (Fsp3) is 0.133. The fourth-order valence-corrected chi connectivity index (χ4v) is 2.26. The van der Waals surface area contributed by atoms with Crippen molar-refractivity contribution >= 4 is 27.6 Å². The van der Waals surface area contributed by atoms with E-state index in [-0.39, 0.29) is 5.69 Å². The van der Waals surface area contributed by atoms with Gasteiger partial charge in [-0.15, -0.1) is 0 Å². The van der Waals surface area contributed by atoms with Crippen molar-refractivity contribution in [3.8, 4) is 0 Å². The maximum Gasteiger partial charge on any atom is 0.335 e. The van der Waals surface area contributed by atoms with Crippen molar-refractivity contribution in [1.82, 2.24) is 0 Å². The summed E-state index contributed by atoms with van der Waals surface area (Å²) in [4.78, 5) is 12.2. The summed E-state index contributed by atoms with van der Waals surface area (Å²) in [5.41, 5.74) is 0.218. The summed E-state index contributed by atoms with van der Waals surface area (Å²) in [6.07, 6.45) is 0. The van der Waals surface area contributed by atoms with E-state index in [1.165, 1.54) is 4.90 Å². The van der Waals surface area contributed by atoms with Crippen LogP contribution in [-0.2, 0) is 6.54 Å². The molecule has 0 atom stereocenters. The van der Waals surface area contributed by atoms with Crippen LogP contribution in [0.15, 0.2) is 40.9 Å². The Kier molecular flexibility index (Phi) is 4.57. The second-order valence-electron chi connectivity index (χ2n) is 4.58. The third-order valence-corrected chi connectivity index (χ3v) is 3.51. The van der Waals surface area contributed by atoms with Crippen LogP contribution in [0, 0.1) is 11.6 Å². The molecular weight excluding hydrogens is 344 g/mol. The molecule has 0 bridgehead atoms. The molecule has 2 aromatic rings. The van der Waals surface area contributed by atoms with Gasteiger partial charge in [-0.2, -0.15) is 0 Å². The Balaban J connectivity index is 2.28. The number of carboxylic acids is 1. The van der Waals surface area contributed by atoms with E-state index in [1.54, 1.807) is 7.05 Å². The second kappa shape index (κ2) is 6.22. The molecule has 0 heterocycles. The molecule has 0 aliphatic rings. The standard InChI is InChI=1S/C15H12BrF2NO2/c1-19(8-9-2-4-11(16)5-3-9)14-12(17)6-10(15(20)21)7-13(14)18/h2-7H,8H2,1H3,(H,20,21). The highest BCUT2D eigenvalue weighted by molar-refractivity contribution is 9.10. The molecule has 1 N–H and O–H groups in total. The molecule has 0 aromatic heterocycles. The van der Waals surface area contributed by atoms with Gasteiger partial charge in [0, 0.05) is 18.1 Å². The summed E-state index contributed by atoms with van der Waals surface area (Å²) in [5, 5.41) is 8.77. The van der Waals surface area contributed by atoms with E-state index >= 15 is 0 Å². The lowest BCUT2D eigenvalue weighted by Crippen LogP contribution is -2.19. The monoisotopic (exact) mass is 355 g/mol. The van der Waals surface area contributed by atoms with Crippen LogP contribution in [0.3, 0.4) is 0 Å². The van der Waals surface area contributed by atoms with Crippen LogP contribution in [0.1, 0.15) is 15.9 Å². The predicted molar refractivity (Wildman–Crippen MR) is 79.6 cm³/mol. The van der Waals surface area contributed by atoms with Gasteiger partial charge in [0.25, 0.3) is 0 Å². The second-order valence-corrected chi connectivity index (χ2v) is 5.49. The van der Waals surface area contributed by atoms with E-state index in [1.807, 2.05) is 24.3 Å². The number of carboxylic acid groups (broad SMARTS) is 1. The lowest BCUT2D eigenvalue weighted by Gasteiger charge is -2.21. The first kappa shape index (κ1) is 15.4. The first-order valence-electron chi connectivity index (χ1n) is 6.06. The number of anilines is 1. The zero-order valence-corrected chi connectivity index (χ0v) is 12.7. The van der Waals surface area contributed by atoms with E-state index in [2.05, 4.69) is 15.9 Å². The van der Waals surface area contributed by atoms with Crippen LogP contribution in [-0.4, -0.2) is 18.1 Å². The molecular formula is C15H12BrF2NO2. The number of carbonyl (C=O) groups is 1. The van der Waals surface area contributed by atoms with Crippen molar-refractivity contribution in [2.45, 2.75) is 6.54 Å². The molecule has 2 rings (SSSR count). The van der Waals surface area contributed by atoms with Gasteiger partial charge in [-0.1, -0.05) is 28.1 Å². The lowest BCUT2D eigenvalue weighted by atomic mass is 10.1. The third-order valence-electron chi connectivity index (χ3n) is 2.98. The Bertz CT molecular complexity index is 651. The number of hydrogen-bond donors (Lipinski definition) is 1. The summed E-state index contributed by atoms with van der Waals surface area (Å²) in [7, 11) is 1.55. The zero-order valence-electron chi connectivity index (χ0n) is 11.1. The predicted octanol–water partition coefficient (Wildman–Crippen LogP) is 4.06. The molecule has 0 spiro atoms. The number of aromatic carboxylic acids is 1. The van der Waals surface area contributed by atoms with Gasteiger partial charge in [-0.3, -0.25) is 0 Å². The molecule has 0 amide bonds. The minimum Gasteiger partial charge on any atom is -0.478 e. The van der Waals surface area contributed by atoms with Crippen molar-refractivity contribution < 1.29 is 18.7 Å². The van der Waals surface area contributed by atoms with Crippen molar-refractivity contribution in [1.29, 1.82) is 0 Å². The summed E-state index contributed by atoms with van der Waals surface area (Å²) in [5.74, 6) is -3.16. The molecule has 0 aliphatic carbocycles. The largest absolute Gasteiger partial charge is 0.478 e. The molecule has 0 saturated carbocycles. The summed E-state index contributed by atoms with van der Waals surface area (Å²) in [6, 6.07) is 8.98. The Labute approximate surface area is 128 Å². The Hall–Kier alpha value is -1.95. The summed E-state index contributed by atoms with van der Waals surface area (Å²) >= 11 is 3.31. The van der Waals surface area contributed by atoms with Gasteiger partial charge in [0.15, 0.2) is 0 Å². The molecule has 3 nitrogen and oxygen atoms in total. The van der Waals surface area contributed by atoms with Gasteiger partial charge in [-0.25, -0.2) is 13.6 Å². The fourth-order valence-electron chi connectivity index (χ4n) is 2.00. The molecule has 6 heteroatoms. The van der Waals surface area contributed by atoms with Crippen LogP contribution < -0.4 is 4.90 Å². The SMILES string of the molecule is CN(Cc1ccc(Br)cc1)c1c(F)cc(C(=O)O)cc1F. The van der Waals surface area contributed by atoms with E-state index in [9.17, 15) is 13.6 Å². The maximum absolute atomic E-state index is 13.9. The van der Waals surface area contributed by atoms with Gasteiger partial charge < -0.3 is 10.0 Å². The van der Waals surface area contributed by atoms with E-state index in [0.29, 0.717) is 6.54 Å². The molecule has 0 aliphatic heterocycles. The highest BCUT2D eigenvalue weighted by Crippen LogP contribution is 2.25. The molecule has 2 aromatic carbocycles. The average molecular weight is 356 g/mol. The van der Waals surface area contributed by atoms with E-state index < -0.39 is 23.2 Å². The van der Waals surface area contributed by atoms with Crippen LogP contribution in [0.25, 0.3) is 0 Å². The molecule has 110 valence electrons. The van der Waals surface area contributed by atoms with Crippen molar-refractivity contribution in [2.24, 2.45) is 0 Å². The normalized spacial score (nSPS) is 10.5. The smallest absolute Gasteiger partial charge is 0.335 e. The summed E-state index contributed by atoms with van der Waals surface area (Å²) in [6.45, 7) is 0.299. The van der Waals surface area contributed by atoms with Gasteiger partial charge in [0.05, 0.1) is 5.56 Å². The van der Waals surface area contributed by atoms with Crippen LogP contribution >= 0.6 is 15.9 Å². The Morgan fingerprint density at radius 1 is 1.19 bits per heavy atom. The van der Waals surface area contributed by atoms with E-state index in [4.69, 9.17) is 5.11 Å². The summed E-state index contributed by atoms with van der Waals surface area (Å²) < 4.78 is 28.8. The lowest BCUT2D eigenvalue weighted by molar-refractivity contribution is 0.0695. The highest BCUT2D eigenvalue weighted by atomic mass is 79.9. The van der Waals surface area contributed by atoms with Crippen LogP contribution in [0.5, 0.6) is 0 Å². The van der Waals surface area contributed by atoms with Crippen molar-refractivity contribution in [3.05, 3.63) is 63.6 Å².